The molecule has 0 aliphatic rings. The van der Waals surface area contributed by atoms with E-state index in [1.54, 1.807) is 30.3 Å². The van der Waals surface area contributed by atoms with Gasteiger partial charge in [0, 0.05) is 16.3 Å². The number of benzene rings is 3. The summed E-state index contributed by atoms with van der Waals surface area (Å²) in [6.45, 7) is 1.88. The number of thioether (sulfide) groups is 1. The van der Waals surface area contributed by atoms with E-state index < -0.39 is 6.09 Å². The molecule has 2 amide bonds. The Morgan fingerprint density at radius 1 is 0.912 bits per heavy atom. The lowest BCUT2D eigenvalue weighted by Crippen LogP contribution is -2.25. The van der Waals surface area contributed by atoms with E-state index in [9.17, 15) is 9.59 Å². The molecule has 0 aliphatic heterocycles. The molecule has 34 heavy (non-hydrogen) atoms. The van der Waals surface area contributed by atoms with Crippen LogP contribution in [-0.2, 0) is 6.42 Å². The molecule has 0 spiro atoms. The average molecular weight is 471 g/mol. The lowest BCUT2D eigenvalue weighted by Gasteiger charge is -2.07. The first-order valence-corrected chi connectivity index (χ1v) is 11.6. The number of para-hydroxylation sites is 1. The second kappa shape index (κ2) is 13.5. The number of anilines is 1. The van der Waals surface area contributed by atoms with Gasteiger partial charge in [-0.2, -0.15) is 0 Å². The van der Waals surface area contributed by atoms with Gasteiger partial charge in [0.25, 0.3) is 5.24 Å². The molecule has 0 aliphatic carbocycles. The van der Waals surface area contributed by atoms with Crippen molar-refractivity contribution in [3.63, 3.8) is 0 Å². The first kappa shape index (κ1) is 24.6. The van der Waals surface area contributed by atoms with Gasteiger partial charge in [-0.25, -0.2) is 4.79 Å². The summed E-state index contributed by atoms with van der Waals surface area (Å²) in [4.78, 5) is 25.2. The van der Waals surface area contributed by atoms with Gasteiger partial charge in [0.15, 0.2) is 0 Å². The van der Waals surface area contributed by atoms with Crippen LogP contribution >= 0.6 is 11.8 Å². The fraction of sp³-hybridized carbons (Fsp3) is 0.0714. The number of rotatable bonds is 8. The van der Waals surface area contributed by atoms with Crippen LogP contribution in [0.3, 0.4) is 0 Å². The SMILES string of the molecule is C/C=C\C(=C/C=CCc1ccc(NC(=O)Sc2ccccc2)cc1)NC(=O)Oc1ccccc1. The van der Waals surface area contributed by atoms with Gasteiger partial charge in [-0.1, -0.05) is 66.8 Å². The first-order chi connectivity index (χ1) is 16.6. The Hall–Kier alpha value is -4.03. The van der Waals surface area contributed by atoms with E-state index in [1.807, 2.05) is 91.9 Å². The Morgan fingerprint density at radius 3 is 2.26 bits per heavy atom. The summed E-state index contributed by atoms with van der Waals surface area (Å²) < 4.78 is 5.26. The number of hydrogen-bond donors (Lipinski definition) is 2. The molecule has 0 bridgehead atoms. The highest BCUT2D eigenvalue weighted by Crippen LogP contribution is 2.20. The Kier molecular flexibility index (Phi) is 9.77. The van der Waals surface area contributed by atoms with Crippen molar-refractivity contribution in [2.45, 2.75) is 18.2 Å². The van der Waals surface area contributed by atoms with Gasteiger partial charge in [0.05, 0.1) is 0 Å². The minimum atomic E-state index is -0.549. The third-order valence-corrected chi connectivity index (χ3v) is 5.26. The second-order valence-corrected chi connectivity index (χ2v) is 8.15. The van der Waals surface area contributed by atoms with Gasteiger partial charge in [0.1, 0.15) is 5.75 Å². The van der Waals surface area contributed by atoms with E-state index in [1.165, 1.54) is 0 Å². The van der Waals surface area contributed by atoms with Gasteiger partial charge in [0.2, 0.25) is 0 Å². The zero-order chi connectivity index (χ0) is 24.0. The van der Waals surface area contributed by atoms with E-state index in [0.717, 1.165) is 27.9 Å². The minimum Gasteiger partial charge on any atom is -0.410 e. The molecule has 172 valence electrons. The molecule has 0 aromatic heterocycles. The molecule has 0 saturated heterocycles. The van der Waals surface area contributed by atoms with Crippen LogP contribution in [-0.4, -0.2) is 11.3 Å². The Morgan fingerprint density at radius 2 is 1.59 bits per heavy atom. The van der Waals surface area contributed by atoms with Crippen LogP contribution in [0.5, 0.6) is 5.75 Å². The molecular weight excluding hydrogens is 444 g/mol. The quantitative estimate of drug-likeness (QED) is 0.267. The van der Waals surface area contributed by atoms with E-state index in [2.05, 4.69) is 10.6 Å². The van der Waals surface area contributed by atoms with Gasteiger partial charge in [-0.05, 0) is 79.2 Å². The minimum absolute atomic E-state index is 0.126. The standard InChI is InChI=1S/C28H26N2O3S/c1-2-11-23(29-27(31)33-25-14-5-3-6-15-25)13-10-9-12-22-18-20-24(21-19-22)30-28(32)34-26-16-7-4-8-17-26/h2-11,13-21H,12H2,1H3,(H,29,31)(H,30,32)/b10-9?,11-2-,23-13+. The van der Waals surface area contributed by atoms with Crippen LogP contribution in [0, 0.1) is 0 Å². The molecule has 0 heterocycles. The lowest BCUT2D eigenvalue weighted by atomic mass is 10.1. The van der Waals surface area contributed by atoms with Crippen LogP contribution in [0.25, 0.3) is 0 Å². The molecule has 0 fully saturated rings. The predicted molar refractivity (Wildman–Crippen MR) is 139 cm³/mol. The Labute approximate surface area is 204 Å². The molecule has 0 saturated carbocycles. The summed E-state index contributed by atoms with van der Waals surface area (Å²) in [5, 5.41) is 5.49. The van der Waals surface area contributed by atoms with Crippen molar-refractivity contribution >= 4 is 28.8 Å². The number of carbonyl (C=O) groups is 2. The van der Waals surface area contributed by atoms with Crippen molar-refractivity contribution in [1.29, 1.82) is 0 Å². The zero-order valence-electron chi connectivity index (χ0n) is 18.8. The van der Waals surface area contributed by atoms with E-state index >= 15 is 0 Å². The summed E-state index contributed by atoms with van der Waals surface area (Å²) in [6.07, 6.45) is 9.47. The summed E-state index contributed by atoms with van der Waals surface area (Å²) >= 11 is 1.16. The van der Waals surface area contributed by atoms with Gasteiger partial charge in [-0.3, -0.25) is 10.1 Å². The van der Waals surface area contributed by atoms with Crippen molar-refractivity contribution in [2.75, 3.05) is 5.32 Å². The Bertz CT molecular complexity index is 1160. The number of hydrogen-bond acceptors (Lipinski definition) is 4. The summed E-state index contributed by atoms with van der Waals surface area (Å²) in [7, 11) is 0. The molecule has 5 nitrogen and oxygen atoms in total. The molecule has 3 aromatic carbocycles. The highest BCUT2D eigenvalue weighted by Gasteiger charge is 2.05. The fourth-order valence-corrected chi connectivity index (χ4v) is 3.57. The maximum absolute atomic E-state index is 12.2. The van der Waals surface area contributed by atoms with Crippen LogP contribution < -0.4 is 15.4 Å². The third-order valence-electron chi connectivity index (χ3n) is 4.47. The largest absolute Gasteiger partial charge is 0.417 e. The highest BCUT2D eigenvalue weighted by molar-refractivity contribution is 8.13. The monoisotopic (exact) mass is 470 g/mol. The van der Waals surface area contributed by atoms with Crippen molar-refractivity contribution in [3.05, 3.63) is 127 Å². The molecule has 0 atom stereocenters. The topological polar surface area (TPSA) is 67.4 Å². The summed E-state index contributed by atoms with van der Waals surface area (Å²) in [6, 6.07) is 26.1. The van der Waals surface area contributed by atoms with Crippen LogP contribution in [0.15, 0.2) is 126 Å². The molecule has 3 rings (SSSR count). The zero-order valence-corrected chi connectivity index (χ0v) is 19.6. The number of amides is 2. The first-order valence-electron chi connectivity index (χ1n) is 10.8. The molecule has 3 aromatic rings. The smallest absolute Gasteiger partial charge is 0.410 e. The van der Waals surface area contributed by atoms with Crippen LogP contribution in [0.2, 0.25) is 0 Å². The normalized spacial score (nSPS) is 11.5. The molecule has 2 N–H and O–H groups in total. The Balaban J connectivity index is 1.48. The van der Waals surface area contributed by atoms with Gasteiger partial charge < -0.3 is 10.1 Å². The maximum atomic E-state index is 12.2. The van der Waals surface area contributed by atoms with Crippen molar-refractivity contribution in [2.24, 2.45) is 0 Å². The van der Waals surface area contributed by atoms with Gasteiger partial charge >= 0.3 is 6.09 Å². The second-order valence-electron chi connectivity index (χ2n) is 7.11. The van der Waals surface area contributed by atoms with Crippen molar-refractivity contribution in [1.82, 2.24) is 5.32 Å². The number of nitrogens with one attached hydrogen (secondary N) is 2. The molecule has 0 unspecified atom stereocenters. The molecule has 0 radical (unpaired) electrons. The summed E-state index contributed by atoms with van der Waals surface area (Å²) in [5.74, 6) is 0.480. The maximum Gasteiger partial charge on any atom is 0.417 e. The molecular formula is C28H26N2O3S. The predicted octanol–water partition coefficient (Wildman–Crippen LogP) is 7.36. The third kappa shape index (κ3) is 8.84. The lowest BCUT2D eigenvalue weighted by molar-refractivity contribution is 0.204. The van der Waals surface area contributed by atoms with Crippen LogP contribution in [0.4, 0.5) is 15.3 Å². The van der Waals surface area contributed by atoms with E-state index in [4.69, 9.17) is 4.74 Å². The summed E-state index contributed by atoms with van der Waals surface area (Å²) in [5.41, 5.74) is 2.47. The van der Waals surface area contributed by atoms with Crippen molar-refractivity contribution < 1.29 is 14.3 Å². The van der Waals surface area contributed by atoms with Crippen molar-refractivity contribution in [3.8, 4) is 5.75 Å². The average Bonchev–Trinajstić information content (AvgIpc) is 2.84. The number of allylic oxidation sites excluding steroid dienone is 5. The molecule has 6 heteroatoms. The van der Waals surface area contributed by atoms with E-state index in [0.29, 0.717) is 17.9 Å². The van der Waals surface area contributed by atoms with Crippen LogP contribution in [0.1, 0.15) is 12.5 Å². The fourth-order valence-electron chi connectivity index (χ4n) is 2.90. The van der Waals surface area contributed by atoms with Gasteiger partial charge in [-0.15, -0.1) is 0 Å². The number of carbonyl (C=O) groups excluding carboxylic acids is 2. The van der Waals surface area contributed by atoms with E-state index in [-0.39, 0.29) is 5.24 Å². The highest BCUT2D eigenvalue weighted by atomic mass is 32.2. The number of ether oxygens (including phenoxy) is 1.